The second-order valence-electron chi connectivity index (χ2n) is 7.63. The maximum Gasteiger partial charge on any atom is 0.234 e. The Hall–Kier alpha value is -3.58. The summed E-state index contributed by atoms with van der Waals surface area (Å²) in [6.45, 7) is 4.34. The monoisotopic (exact) mass is 443 g/mol. The Morgan fingerprint density at radius 1 is 0.906 bits per heavy atom. The quantitative estimate of drug-likeness (QED) is 0.334. The molecule has 0 aliphatic carbocycles. The second kappa shape index (κ2) is 10.2. The number of anilines is 3. The molecule has 2 N–H and O–H groups in total. The van der Waals surface area contributed by atoms with Crippen molar-refractivity contribution in [3.63, 3.8) is 0 Å². The Morgan fingerprint density at radius 2 is 1.56 bits per heavy atom. The normalized spacial score (nSPS) is 10.8. The SMILES string of the molecule is CC(C)c1ccc(-n2cnnc2SCC(=O)Nc2ccc(Nc3ccccc3)cc2)cc1. The summed E-state index contributed by atoms with van der Waals surface area (Å²) in [5.74, 6) is 0.626. The van der Waals surface area contributed by atoms with Gasteiger partial charge in [-0.25, -0.2) is 0 Å². The van der Waals surface area contributed by atoms with Gasteiger partial charge in [0.25, 0.3) is 0 Å². The van der Waals surface area contributed by atoms with Gasteiger partial charge in [-0.05, 0) is 60.0 Å². The van der Waals surface area contributed by atoms with Gasteiger partial charge in [0.1, 0.15) is 6.33 Å². The fourth-order valence-corrected chi connectivity index (χ4v) is 3.90. The average Bonchev–Trinajstić information content (AvgIpc) is 3.28. The molecule has 0 spiro atoms. The highest BCUT2D eigenvalue weighted by Crippen LogP contribution is 2.23. The Balaban J connectivity index is 1.32. The number of nitrogens with zero attached hydrogens (tertiary/aromatic N) is 3. The van der Waals surface area contributed by atoms with E-state index in [1.165, 1.54) is 17.3 Å². The zero-order valence-electron chi connectivity index (χ0n) is 18.0. The highest BCUT2D eigenvalue weighted by atomic mass is 32.2. The highest BCUT2D eigenvalue weighted by molar-refractivity contribution is 7.99. The molecule has 162 valence electrons. The largest absolute Gasteiger partial charge is 0.356 e. The third-order valence-corrected chi connectivity index (χ3v) is 5.86. The van der Waals surface area contributed by atoms with Crippen molar-refractivity contribution in [3.05, 3.63) is 90.8 Å². The van der Waals surface area contributed by atoms with Gasteiger partial charge in [-0.2, -0.15) is 0 Å². The fraction of sp³-hybridized carbons (Fsp3) is 0.160. The summed E-state index contributed by atoms with van der Waals surface area (Å²) < 4.78 is 1.89. The molecule has 1 amide bonds. The molecule has 32 heavy (non-hydrogen) atoms. The number of carbonyl (C=O) groups excluding carboxylic acids is 1. The first kappa shape index (κ1) is 21.6. The van der Waals surface area contributed by atoms with Gasteiger partial charge in [0, 0.05) is 22.7 Å². The minimum absolute atomic E-state index is 0.0940. The van der Waals surface area contributed by atoms with Gasteiger partial charge >= 0.3 is 0 Å². The Labute approximate surface area is 192 Å². The molecule has 0 saturated carbocycles. The molecular formula is C25H25N5OS. The van der Waals surface area contributed by atoms with Crippen molar-refractivity contribution in [1.29, 1.82) is 0 Å². The smallest absolute Gasteiger partial charge is 0.234 e. The fourth-order valence-electron chi connectivity index (χ4n) is 3.17. The maximum atomic E-state index is 12.4. The van der Waals surface area contributed by atoms with Crippen LogP contribution in [0.3, 0.4) is 0 Å². The van der Waals surface area contributed by atoms with Crippen LogP contribution in [0.5, 0.6) is 0 Å². The van der Waals surface area contributed by atoms with E-state index in [1.54, 1.807) is 6.33 Å². The summed E-state index contributed by atoms with van der Waals surface area (Å²) in [7, 11) is 0. The molecule has 1 heterocycles. The molecule has 7 heteroatoms. The van der Waals surface area contributed by atoms with Gasteiger partial charge in [0.05, 0.1) is 5.75 Å². The molecule has 0 saturated heterocycles. The molecule has 0 aliphatic rings. The van der Waals surface area contributed by atoms with Crippen molar-refractivity contribution < 1.29 is 4.79 Å². The highest BCUT2D eigenvalue weighted by Gasteiger charge is 2.11. The molecule has 0 fully saturated rings. The zero-order chi connectivity index (χ0) is 22.3. The van der Waals surface area contributed by atoms with Crippen LogP contribution in [0.15, 0.2) is 90.3 Å². The van der Waals surface area contributed by atoms with Crippen molar-refractivity contribution >= 4 is 34.7 Å². The van der Waals surface area contributed by atoms with Gasteiger partial charge < -0.3 is 10.6 Å². The minimum Gasteiger partial charge on any atom is -0.356 e. The van der Waals surface area contributed by atoms with Gasteiger partial charge in [0.2, 0.25) is 5.91 Å². The lowest BCUT2D eigenvalue weighted by Crippen LogP contribution is -2.14. The molecular weight excluding hydrogens is 418 g/mol. The number of nitrogens with one attached hydrogen (secondary N) is 2. The summed E-state index contributed by atoms with van der Waals surface area (Å²) in [4.78, 5) is 12.4. The van der Waals surface area contributed by atoms with Crippen LogP contribution >= 0.6 is 11.8 Å². The molecule has 4 aromatic rings. The van der Waals surface area contributed by atoms with Gasteiger partial charge in [-0.15, -0.1) is 10.2 Å². The predicted octanol–water partition coefficient (Wildman–Crippen LogP) is 5.87. The lowest BCUT2D eigenvalue weighted by molar-refractivity contribution is -0.113. The van der Waals surface area contributed by atoms with E-state index in [0.717, 1.165) is 22.7 Å². The van der Waals surface area contributed by atoms with Crippen LogP contribution in [0.2, 0.25) is 0 Å². The Morgan fingerprint density at radius 3 is 2.25 bits per heavy atom. The van der Waals surface area contributed by atoms with Crippen molar-refractivity contribution in [1.82, 2.24) is 14.8 Å². The van der Waals surface area contributed by atoms with E-state index in [-0.39, 0.29) is 11.7 Å². The maximum absolute atomic E-state index is 12.4. The number of rotatable bonds is 8. The number of thioether (sulfide) groups is 1. The molecule has 6 nitrogen and oxygen atoms in total. The first-order valence-corrected chi connectivity index (χ1v) is 11.4. The van der Waals surface area contributed by atoms with Crippen LogP contribution < -0.4 is 10.6 Å². The van der Waals surface area contributed by atoms with E-state index >= 15 is 0 Å². The van der Waals surface area contributed by atoms with E-state index in [9.17, 15) is 4.79 Å². The predicted molar refractivity (Wildman–Crippen MR) is 131 cm³/mol. The number of para-hydroxylation sites is 1. The van der Waals surface area contributed by atoms with Crippen molar-refractivity contribution in [2.45, 2.75) is 24.9 Å². The first-order valence-electron chi connectivity index (χ1n) is 10.4. The number of carbonyl (C=O) groups is 1. The second-order valence-corrected chi connectivity index (χ2v) is 8.58. The molecule has 0 unspecified atom stereocenters. The average molecular weight is 444 g/mol. The van der Waals surface area contributed by atoms with E-state index < -0.39 is 0 Å². The summed E-state index contributed by atoms with van der Waals surface area (Å²) in [5, 5.41) is 15.1. The molecule has 0 atom stereocenters. The standard InChI is InChI=1S/C25H25N5OS/c1-18(2)19-8-14-23(15-9-19)30-17-26-29-25(30)32-16-24(31)28-22-12-10-21(11-13-22)27-20-6-4-3-5-7-20/h3-15,17-18,27H,16H2,1-2H3,(H,28,31). The number of benzene rings is 3. The molecule has 4 rings (SSSR count). The molecule has 1 aromatic heterocycles. The van der Waals surface area contributed by atoms with Crippen molar-refractivity contribution in [2.24, 2.45) is 0 Å². The summed E-state index contributed by atoms with van der Waals surface area (Å²) in [6, 6.07) is 25.9. The minimum atomic E-state index is -0.0940. The Kier molecular flexibility index (Phi) is 6.87. The van der Waals surface area contributed by atoms with Crippen LogP contribution in [-0.4, -0.2) is 26.4 Å². The van der Waals surface area contributed by atoms with Crippen LogP contribution in [0, 0.1) is 0 Å². The van der Waals surface area contributed by atoms with E-state index in [1.807, 2.05) is 71.3 Å². The summed E-state index contributed by atoms with van der Waals surface area (Å²) in [5.41, 5.74) is 4.98. The van der Waals surface area contributed by atoms with Gasteiger partial charge in [-0.3, -0.25) is 9.36 Å². The lowest BCUT2D eigenvalue weighted by Gasteiger charge is -2.10. The number of aromatic nitrogens is 3. The van der Waals surface area contributed by atoms with E-state index in [0.29, 0.717) is 11.1 Å². The summed E-state index contributed by atoms with van der Waals surface area (Å²) in [6.07, 6.45) is 1.67. The van der Waals surface area contributed by atoms with Crippen LogP contribution in [0.1, 0.15) is 25.3 Å². The Bertz CT molecular complexity index is 1160. The zero-order valence-corrected chi connectivity index (χ0v) is 18.8. The molecule has 3 aromatic carbocycles. The van der Waals surface area contributed by atoms with E-state index in [4.69, 9.17) is 0 Å². The lowest BCUT2D eigenvalue weighted by atomic mass is 10.0. The van der Waals surface area contributed by atoms with Crippen LogP contribution in [0.25, 0.3) is 5.69 Å². The number of hydrogen-bond donors (Lipinski definition) is 2. The molecule has 0 aliphatic heterocycles. The van der Waals surface area contributed by atoms with E-state index in [2.05, 4.69) is 46.8 Å². The van der Waals surface area contributed by atoms with Crippen molar-refractivity contribution in [3.8, 4) is 5.69 Å². The number of hydrogen-bond acceptors (Lipinski definition) is 5. The third-order valence-electron chi connectivity index (χ3n) is 4.92. The van der Waals surface area contributed by atoms with Crippen molar-refractivity contribution in [2.75, 3.05) is 16.4 Å². The first-order chi connectivity index (χ1) is 15.6. The molecule has 0 radical (unpaired) electrons. The topological polar surface area (TPSA) is 71.8 Å². The molecule has 0 bridgehead atoms. The third kappa shape index (κ3) is 5.56. The van der Waals surface area contributed by atoms with Gasteiger partial charge in [0.15, 0.2) is 5.16 Å². The summed E-state index contributed by atoms with van der Waals surface area (Å²) >= 11 is 1.36. The van der Waals surface area contributed by atoms with Crippen LogP contribution in [0.4, 0.5) is 17.1 Å². The number of amides is 1. The van der Waals surface area contributed by atoms with Gasteiger partial charge in [-0.1, -0.05) is 55.9 Å². The van der Waals surface area contributed by atoms with Crippen LogP contribution in [-0.2, 0) is 4.79 Å².